The van der Waals surface area contributed by atoms with Crippen molar-refractivity contribution in [3.8, 4) is 0 Å². The fraction of sp³-hybridized carbons (Fsp3) is 0.333. The van der Waals surface area contributed by atoms with Gasteiger partial charge in [-0.3, -0.25) is 19.2 Å². The Morgan fingerprint density at radius 2 is 1.59 bits per heavy atom. The number of fused-ring (bicyclic) bond motifs is 1. The van der Waals surface area contributed by atoms with E-state index in [1.165, 1.54) is 12.5 Å². The molecule has 15 nitrogen and oxygen atoms in total. The summed E-state index contributed by atoms with van der Waals surface area (Å²) in [5.74, 6) is -4.97. The zero-order valence-corrected chi connectivity index (χ0v) is 20.7. The van der Waals surface area contributed by atoms with Crippen molar-refractivity contribution in [1.82, 2.24) is 30.9 Å². The van der Waals surface area contributed by atoms with E-state index in [0.29, 0.717) is 11.3 Å². The van der Waals surface area contributed by atoms with Crippen LogP contribution < -0.4 is 27.4 Å². The van der Waals surface area contributed by atoms with E-state index < -0.39 is 66.8 Å². The average Bonchev–Trinajstić information content (AvgIpc) is 3.55. The molecule has 39 heavy (non-hydrogen) atoms. The highest BCUT2D eigenvalue weighted by Gasteiger charge is 2.31. The molecular formula is C24H30N8O7. The highest BCUT2D eigenvalue weighted by Crippen LogP contribution is 2.19. The molecule has 3 aromatic rings. The second kappa shape index (κ2) is 13.2. The Labute approximate surface area is 221 Å². The van der Waals surface area contributed by atoms with E-state index in [2.05, 4.69) is 30.9 Å². The summed E-state index contributed by atoms with van der Waals surface area (Å²) in [7, 11) is 0. The average molecular weight is 543 g/mol. The maximum atomic E-state index is 13.2. The number of nitrogens with two attached hydrogens (primary N) is 2. The number of hydrogen-bond donors (Lipinski definition) is 9. The summed E-state index contributed by atoms with van der Waals surface area (Å²) in [6.07, 6.45) is 3.91. The molecule has 0 aliphatic heterocycles. The first-order valence-corrected chi connectivity index (χ1v) is 11.9. The normalized spacial score (nSPS) is 14.1. The lowest BCUT2D eigenvalue weighted by atomic mass is 10.0. The number of rotatable bonds is 14. The van der Waals surface area contributed by atoms with Crippen LogP contribution >= 0.6 is 0 Å². The Morgan fingerprint density at radius 3 is 2.23 bits per heavy atom. The molecule has 208 valence electrons. The first kappa shape index (κ1) is 28.8. The third-order valence-electron chi connectivity index (χ3n) is 5.90. The summed E-state index contributed by atoms with van der Waals surface area (Å²) in [4.78, 5) is 71.6. The van der Waals surface area contributed by atoms with Crippen LogP contribution in [-0.4, -0.2) is 85.5 Å². The largest absolute Gasteiger partial charge is 0.480 e. The highest BCUT2D eigenvalue weighted by molar-refractivity contribution is 5.96. The zero-order chi connectivity index (χ0) is 28.5. The van der Waals surface area contributed by atoms with Gasteiger partial charge in [0, 0.05) is 41.8 Å². The van der Waals surface area contributed by atoms with E-state index >= 15 is 0 Å². The van der Waals surface area contributed by atoms with Crippen molar-refractivity contribution in [3.63, 3.8) is 0 Å². The fourth-order valence-corrected chi connectivity index (χ4v) is 3.87. The molecule has 0 aliphatic rings. The lowest BCUT2D eigenvalue weighted by Gasteiger charge is -2.24. The Bertz CT molecular complexity index is 1320. The summed E-state index contributed by atoms with van der Waals surface area (Å²) in [5.41, 5.74) is 13.2. The van der Waals surface area contributed by atoms with E-state index in [-0.39, 0.29) is 12.8 Å². The lowest BCUT2D eigenvalue weighted by molar-refractivity contribution is -0.143. The minimum atomic E-state index is -1.62. The van der Waals surface area contributed by atoms with Crippen molar-refractivity contribution >= 4 is 40.5 Å². The molecule has 0 saturated heterocycles. The molecule has 0 bridgehead atoms. The molecule has 4 atom stereocenters. The number of nitrogens with zero attached hydrogens (tertiary/aromatic N) is 1. The summed E-state index contributed by atoms with van der Waals surface area (Å²) < 4.78 is 0. The van der Waals surface area contributed by atoms with Gasteiger partial charge in [-0.25, -0.2) is 9.78 Å². The number of aliphatic hydroxyl groups is 1. The highest BCUT2D eigenvalue weighted by atomic mass is 16.4. The number of carboxylic acids is 1. The summed E-state index contributed by atoms with van der Waals surface area (Å²) in [5, 5.41) is 26.3. The smallest absolute Gasteiger partial charge is 0.328 e. The van der Waals surface area contributed by atoms with E-state index in [1.54, 1.807) is 24.4 Å². The van der Waals surface area contributed by atoms with Gasteiger partial charge in [-0.15, -0.1) is 0 Å². The third kappa shape index (κ3) is 7.86. The number of para-hydroxylation sites is 1. The number of aliphatic hydroxyl groups excluding tert-OH is 1. The number of aliphatic carboxylic acids is 1. The molecule has 2 aromatic heterocycles. The third-order valence-corrected chi connectivity index (χ3v) is 5.90. The number of aromatic nitrogens is 3. The molecule has 0 spiro atoms. The van der Waals surface area contributed by atoms with Crippen molar-refractivity contribution in [2.24, 2.45) is 11.5 Å². The Hall–Kier alpha value is -4.76. The number of amides is 4. The number of nitrogens with one attached hydrogen (secondary N) is 5. The van der Waals surface area contributed by atoms with Gasteiger partial charge in [0.1, 0.15) is 18.1 Å². The first-order valence-electron chi connectivity index (χ1n) is 11.9. The Morgan fingerprint density at radius 1 is 0.923 bits per heavy atom. The number of primary amides is 1. The van der Waals surface area contributed by atoms with Gasteiger partial charge in [0.25, 0.3) is 0 Å². The molecule has 15 heteroatoms. The van der Waals surface area contributed by atoms with E-state index in [4.69, 9.17) is 11.5 Å². The van der Waals surface area contributed by atoms with E-state index in [0.717, 1.165) is 10.9 Å². The van der Waals surface area contributed by atoms with Crippen LogP contribution in [0.2, 0.25) is 0 Å². The van der Waals surface area contributed by atoms with Crippen LogP contribution in [0.15, 0.2) is 43.0 Å². The molecule has 0 saturated carbocycles. The second-order valence-electron chi connectivity index (χ2n) is 8.83. The SMILES string of the molecule is NC(=O)CC(NC(=O)C(N)Cc1cnc[nH]1)C(=O)NC(Cc1c[nH]c2ccccc12)C(=O)NC(CO)C(=O)O. The minimum Gasteiger partial charge on any atom is -0.480 e. The van der Waals surface area contributed by atoms with Crippen LogP contribution in [0.5, 0.6) is 0 Å². The molecule has 11 N–H and O–H groups in total. The number of hydrogen-bond acceptors (Lipinski definition) is 8. The van der Waals surface area contributed by atoms with E-state index in [9.17, 15) is 34.2 Å². The molecule has 0 aliphatic carbocycles. The number of imidazole rings is 1. The van der Waals surface area contributed by atoms with Gasteiger partial charge < -0.3 is 47.6 Å². The maximum absolute atomic E-state index is 13.2. The van der Waals surface area contributed by atoms with Gasteiger partial charge in [-0.05, 0) is 11.6 Å². The predicted octanol–water partition coefficient (Wildman–Crippen LogP) is -2.59. The van der Waals surface area contributed by atoms with Gasteiger partial charge >= 0.3 is 5.97 Å². The van der Waals surface area contributed by atoms with Gasteiger partial charge in [0.15, 0.2) is 0 Å². The van der Waals surface area contributed by atoms with Crippen LogP contribution in [0.3, 0.4) is 0 Å². The molecule has 0 radical (unpaired) electrons. The number of carboxylic acid groups (broad SMARTS) is 1. The van der Waals surface area contributed by atoms with Crippen molar-refractivity contribution in [2.75, 3.05) is 6.61 Å². The second-order valence-corrected chi connectivity index (χ2v) is 8.83. The fourth-order valence-electron chi connectivity index (χ4n) is 3.87. The monoisotopic (exact) mass is 542 g/mol. The van der Waals surface area contributed by atoms with Crippen LogP contribution in [0.4, 0.5) is 0 Å². The molecule has 1 aromatic carbocycles. The Kier molecular flexibility index (Phi) is 9.72. The first-order chi connectivity index (χ1) is 18.6. The summed E-state index contributed by atoms with van der Waals surface area (Å²) >= 11 is 0. The quantitative estimate of drug-likeness (QED) is 0.103. The van der Waals surface area contributed by atoms with Gasteiger partial charge in [-0.1, -0.05) is 18.2 Å². The van der Waals surface area contributed by atoms with Crippen LogP contribution in [0.25, 0.3) is 10.9 Å². The number of carbonyl (C=O) groups excluding carboxylic acids is 4. The van der Waals surface area contributed by atoms with Crippen LogP contribution in [0, 0.1) is 0 Å². The van der Waals surface area contributed by atoms with Crippen molar-refractivity contribution in [2.45, 2.75) is 43.4 Å². The van der Waals surface area contributed by atoms with Gasteiger partial charge in [-0.2, -0.15) is 0 Å². The molecular weight excluding hydrogens is 512 g/mol. The maximum Gasteiger partial charge on any atom is 0.328 e. The van der Waals surface area contributed by atoms with Crippen LogP contribution in [0.1, 0.15) is 17.7 Å². The number of benzene rings is 1. The topological polar surface area (TPSA) is 258 Å². The number of H-pyrrole nitrogens is 2. The lowest BCUT2D eigenvalue weighted by Crippen LogP contribution is -2.58. The minimum absolute atomic E-state index is 0.0695. The van der Waals surface area contributed by atoms with Gasteiger partial charge in [0.2, 0.25) is 23.6 Å². The Balaban J connectivity index is 1.80. The molecule has 2 heterocycles. The van der Waals surface area contributed by atoms with Gasteiger partial charge in [0.05, 0.1) is 25.4 Å². The van der Waals surface area contributed by atoms with Crippen molar-refractivity contribution in [3.05, 3.63) is 54.2 Å². The molecule has 4 amide bonds. The van der Waals surface area contributed by atoms with E-state index in [1.807, 2.05) is 6.07 Å². The molecule has 3 rings (SSSR count). The zero-order valence-electron chi connectivity index (χ0n) is 20.7. The standard InChI is InChI=1S/C24H30N8O7/c25-15(6-13-9-27-11-29-13)21(35)30-18(7-20(26)34)23(37)31-17(22(36)32-19(10-33)24(38)39)5-12-8-28-16-4-2-1-3-14(12)16/h1-4,8-9,11,15,17-19,28,33H,5-7,10,25H2,(H2,26,34)(H,27,29)(H,30,35)(H,31,37)(H,32,36)(H,38,39). The van der Waals surface area contributed by atoms with Crippen molar-refractivity contribution < 1.29 is 34.2 Å². The molecule has 4 unspecified atom stereocenters. The predicted molar refractivity (Wildman–Crippen MR) is 137 cm³/mol. The van der Waals surface area contributed by atoms with Crippen molar-refractivity contribution in [1.29, 1.82) is 0 Å². The number of aromatic amines is 2. The summed E-state index contributed by atoms with van der Waals surface area (Å²) in [6.45, 7) is -0.886. The summed E-state index contributed by atoms with van der Waals surface area (Å²) in [6, 6.07) is 1.64. The number of carbonyl (C=O) groups is 5. The molecule has 0 fully saturated rings. The van der Waals surface area contributed by atoms with Crippen LogP contribution in [-0.2, 0) is 36.8 Å².